The molecule has 2 aromatic rings. The molecular formula is C15H15N. The van der Waals surface area contributed by atoms with E-state index in [0.29, 0.717) is 0 Å². The van der Waals surface area contributed by atoms with Gasteiger partial charge in [0, 0.05) is 5.69 Å². The van der Waals surface area contributed by atoms with Gasteiger partial charge in [0.25, 0.3) is 0 Å². The first-order valence-corrected chi connectivity index (χ1v) is 5.41. The smallest absolute Gasteiger partial charge is 0.0387 e. The molecule has 0 heterocycles. The summed E-state index contributed by atoms with van der Waals surface area (Å²) in [5.74, 6) is 0. The summed E-state index contributed by atoms with van der Waals surface area (Å²) < 4.78 is 0. The van der Waals surface area contributed by atoms with Gasteiger partial charge in [-0.15, -0.1) is 0 Å². The van der Waals surface area contributed by atoms with Crippen molar-refractivity contribution in [2.45, 2.75) is 6.42 Å². The summed E-state index contributed by atoms with van der Waals surface area (Å²) in [7, 11) is 0. The Morgan fingerprint density at radius 1 is 0.875 bits per heavy atom. The fraction of sp³-hybridized carbons (Fsp3) is 0.0667. The summed E-state index contributed by atoms with van der Waals surface area (Å²) in [4.78, 5) is 0. The van der Waals surface area contributed by atoms with E-state index >= 15 is 0 Å². The van der Waals surface area contributed by atoms with E-state index in [2.05, 4.69) is 36.4 Å². The molecule has 0 aliphatic rings. The maximum atomic E-state index is 5.85. The van der Waals surface area contributed by atoms with E-state index in [-0.39, 0.29) is 0 Å². The van der Waals surface area contributed by atoms with Crippen LogP contribution in [0.15, 0.2) is 60.7 Å². The summed E-state index contributed by atoms with van der Waals surface area (Å²) >= 11 is 0. The Balaban J connectivity index is 2.03. The maximum absolute atomic E-state index is 5.85. The normalized spacial score (nSPS) is 10.8. The van der Waals surface area contributed by atoms with Crippen molar-refractivity contribution in [2.24, 2.45) is 0 Å². The molecule has 2 rings (SSSR count). The van der Waals surface area contributed by atoms with Crippen molar-refractivity contribution in [2.75, 3.05) is 5.73 Å². The number of nitrogens with two attached hydrogens (primary N) is 1. The molecule has 0 aliphatic heterocycles. The van der Waals surface area contributed by atoms with Crippen LogP contribution in [-0.4, -0.2) is 0 Å². The minimum absolute atomic E-state index is 0.826. The quantitative estimate of drug-likeness (QED) is 0.769. The van der Waals surface area contributed by atoms with Gasteiger partial charge in [-0.05, 0) is 23.6 Å². The van der Waals surface area contributed by atoms with E-state index in [1.54, 1.807) is 0 Å². The van der Waals surface area contributed by atoms with Crippen molar-refractivity contribution >= 4 is 11.8 Å². The summed E-state index contributed by atoms with van der Waals surface area (Å²) in [6.07, 6.45) is 5.15. The van der Waals surface area contributed by atoms with Crippen molar-refractivity contribution in [3.63, 3.8) is 0 Å². The van der Waals surface area contributed by atoms with Gasteiger partial charge < -0.3 is 5.73 Å². The molecule has 0 unspecified atom stereocenters. The number of allylic oxidation sites excluding steroid dienone is 1. The van der Waals surface area contributed by atoms with E-state index in [4.69, 9.17) is 5.73 Å². The van der Waals surface area contributed by atoms with Crippen LogP contribution in [0.1, 0.15) is 11.1 Å². The third-order valence-electron chi connectivity index (χ3n) is 2.49. The molecule has 2 N–H and O–H groups in total. The summed E-state index contributed by atoms with van der Waals surface area (Å²) in [6, 6.07) is 18.3. The fourth-order valence-corrected chi connectivity index (χ4v) is 1.60. The second kappa shape index (κ2) is 5.17. The predicted octanol–water partition coefficient (Wildman–Crippen LogP) is 3.52. The van der Waals surface area contributed by atoms with Crippen LogP contribution in [0.2, 0.25) is 0 Å². The molecule has 0 saturated heterocycles. The van der Waals surface area contributed by atoms with Crippen molar-refractivity contribution in [3.05, 3.63) is 71.8 Å². The Morgan fingerprint density at radius 2 is 1.56 bits per heavy atom. The molecule has 0 aliphatic carbocycles. The van der Waals surface area contributed by atoms with Crippen LogP contribution in [0.4, 0.5) is 5.69 Å². The van der Waals surface area contributed by atoms with E-state index in [1.807, 2.05) is 30.3 Å². The van der Waals surface area contributed by atoms with Crippen LogP contribution < -0.4 is 5.73 Å². The summed E-state index contributed by atoms with van der Waals surface area (Å²) in [6.45, 7) is 0. The van der Waals surface area contributed by atoms with Crippen LogP contribution in [0.5, 0.6) is 0 Å². The number of nitrogen functional groups attached to an aromatic ring is 1. The lowest BCUT2D eigenvalue weighted by atomic mass is 10.1. The van der Waals surface area contributed by atoms with Gasteiger partial charge >= 0.3 is 0 Å². The molecule has 0 aromatic heterocycles. The number of rotatable bonds is 3. The SMILES string of the molecule is Nc1ccccc1/C=C/Cc1ccccc1. The van der Waals surface area contributed by atoms with Crippen LogP contribution in [0, 0.1) is 0 Å². The lowest BCUT2D eigenvalue weighted by Crippen LogP contribution is -1.87. The van der Waals surface area contributed by atoms with Crippen molar-refractivity contribution in [1.29, 1.82) is 0 Å². The zero-order valence-electron chi connectivity index (χ0n) is 9.14. The molecular weight excluding hydrogens is 194 g/mol. The summed E-state index contributed by atoms with van der Waals surface area (Å²) in [5.41, 5.74) is 9.07. The standard InChI is InChI=1S/C15H15N/c16-15-12-5-4-10-14(15)11-6-9-13-7-2-1-3-8-13/h1-8,10-12H,9,16H2/b11-6+. The largest absolute Gasteiger partial charge is 0.398 e. The first-order valence-electron chi connectivity index (χ1n) is 5.41. The van der Waals surface area contributed by atoms with Crippen molar-refractivity contribution in [1.82, 2.24) is 0 Å². The fourth-order valence-electron chi connectivity index (χ4n) is 1.60. The second-order valence-electron chi connectivity index (χ2n) is 3.72. The highest BCUT2D eigenvalue weighted by atomic mass is 14.5. The van der Waals surface area contributed by atoms with Crippen molar-refractivity contribution < 1.29 is 0 Å². The van der Waals surface area contributed by atoms with E-state index < -0.39 is 0 Å². The van der Waals surface area contributed by atoms with Crippen LogP contribution in [0.25, 0.3) is 6.08 Å². The number of hydrogen-bond donors (Lipinski definition) is 1. The van der Waals surface area contributed by atoms with Gasteiger partial charge in [-0.1, -0.05) is 60.7 Å². The van der Waals surface area contributed by atoms with Gasteiger partial charge in [-0.2, -0.15) is 0 Å². The number of benzene rings is 2. The number of anilines is 1. The van der Waals surface area contributed by atoms with Crippen LogP contribution in [0.3, 0.4) is 0 Å². The Morgan fingerprint density at radius 3 is 2.31 bits per heavy atom. The zero-order valence-corrected chi connectivity index (χ0v) is 9.14. The second-order valence-corrected chi connectivity index (χ2v) is 3.72. The molecule has 0 fully saturated rings. The van der Waals surface area contributed by atoms with E-state index in [1.165, 1.54) is 5.56 Å². The molecule has 0 amide bonds. The topological polar surface area (TPSA) is 26.0 Å². The average Bonchev–Trinajstić information content (AvgIpc) is 2.33. The predicted molar refractivity (Wildman–Crippen MR) is 70.0 cm³/mol. The van der Waals surface area contributed by atoms with Gasteiger partial charge in [-0.3, -0.25) is 0 Å². The molecule has 0 atom stereocenters. The Bertz CT molecular complexity index is 472. The van der Waals surface area contributed by atoms with Gasteiger partial charge in [0.05, 0.1) is 0 Å². The Hall–Kier alpha value is -2.02. The molecule has 0 bridgehead atoms. The molecule has 1 heteroatoms. The first-order chi connectivity index (χ1) is 7.86. The van der Waals surface area contributed by atoms with Crippen LogP contribution in [-0.2, 0) is 6.42 Å². The first kappa shape index (κ1) is 10.5. The van der Waals surface area contributed by atoms with E-state index in [0.717, 1.165) is 17.7 Å². The molecule has 1 nitrogen and oxygen atoms in total. The molecule has 0 radical (unpaired) electrons. The molecule has 80 valence electrons. The Labute approximate surface area is 96.2 Å². The third kappa shape index (κ3) is 2.74. The summed E-state index contributed by atoms with van der Waals surface area (Å²) in [5, 5.41) is 0. The van der Waals surface area contributed by atoms with Gasteiger partial charge in [-0.25, -0.2) is 0 Å². The Kier molecular flexibility index (Phi) is 3.39. The molecule has 0 spiro atoms. The highest BCUT2D eigenvalue weighted by Gasteiger charge is 1.91. The van der Waals surface area contributed by atoms with Crippen LogP contribution >= 0.6 is 0 Å². The maximum Gasteiger partial charge on any atom is 0.0387 e. The van der Waals surface area contributed by atoms with Gasteiger partial charge in [0.2, 0.25) is 0 Å². The zero-order chi connectivity index (χ0) is 11.2. The molecule has 2 aromatic carbocycles. The number of para-hydroxylation sites is 1. The lowest BCUT2D eigenvalue weighted by Gasteiger charge is -1.98. The molecule has 0 saturated carbocycles. The minimum atomic E-state index is 0.826. The number of hydrogen-bond acceptors (Lipinski definition) is 1. The molecule has 16 heavy (non-hydrogen) atoms. The highest BCUT2D eigenvalue weighted by molar-refractivity contribution is 5.64. The van der Waals surface area contributed by atoms with Gasteiger partial charge in [0.1, 0.15) is 0 Å². The monoisotopic (exact) mass is 209 g/mol. The van der Waals surface area contributed by atoms with Gasteiger partial charge in [0.15, 0.2) is 0 Å². The highest BCUT2D eigenvalue weighted by Crippen LogP contribution is 2.12. The van der Waals surface area contributed by atoms with Crippen molar-refractivity contribution in [3.8, 4) is 0 Å². The third-order valence-corrected chi connectivity index (χ3v) is 2.49. The lowest BCUT2D eigenvalue weighted by molar-refractivity contribution is 1.28. The minimum Gasteiger partial charge on any atom is -0.398 e. The van der Waals surface area contributed by atoms with E-state index in [9.17, 15) is 0 Å². The average molecular weight is 209 g/mol.